The van der Waals surface area contributed by atoms with Crippen molar-refractivity contribution in [2.45, 2.75) is 20.8 Å². The standard InChI is InChI=1S/C17H27N3O4S/c1-4-19(5-2)25(22,23)20-12-10-18(11-13-20)17(21)14-24-16-9-7-6-8-15(16)3/h6-9H,4-5,10-14H2,1-3H3. The van der Waals surface area contributed by atoms with Crippen molar-refractivity contribution in [2.24, 2.45) is 0 Å². The molecule has 140 valence electrons. The van der Waals surface area contributed by atoms with Gasteiger partial charge >= 0.3 is 0 Å². The zero-order valence-corrected chi connectivity index (χ0v) is 16.0. The molecule has 1 aromatic rings. The van der Waals surface area contributed by atoms with Crippen molar-refractivity contribution >= 4 is 16.1 Å². The molecule has 7 nitrogen and oxygen atoms in total. The fourth-order valence-electron chi connectivity index (χ4n) is 2.83. The smallest absolute Gasteiger partial charge is 0.282 e. The van der Waals surface area contributed by atoms with Crippen LogP contribution in [0.5, 0.6) is 5.75 Å². The normalized spacial score (nSPS) is 16.2. The number of hydrogen-bond donors (Lipinski definition) is 0. The summed E-state index contributed by atoms with van der Waals surface area (Å²) in [4.78, 5) is 14.0. The van der Waals surface area contributed by atoms with Crippen molar-refractivity contribution in [3.63, 3.8) is 0 Å². The summed E-state index contributed by atoms with van der Waals surface area (Å²) in [7, 11) is -3.44. The molecule has 1 aliphatic rings. The van der Waals surface area contributed by atoms with E-state index in [2.05, 4.69) is 0 Å². The summed E-state index contributed by atoms with van der Waals surface area (Å²) in [6.45, 7) is 7.83. The van der Waals surface area contributed by atoms with Crippen LogP contribution in [0.1, 0.15) is 19.4 Å². The lowest BCUT2D eigenvalue weighted by Crippen LogP contribution is -2.54. The van der Waals surface area contributed by atoms with Crippen molar-refractivity contribution in [1.29, 1.82) is 0 Å². The minimum Gasteiger partial charge on any atom is -0.484 e. The number of ether oxygens (including phenoxy) is 1. The van der Waals surface area contributed by atoms with E-state index < -0.39 is 10.2 Å². The first-order chi connectivity index (χ1) is 11.9. The fraction of sp³-hybridized carbons (Fsp3) is 0.588. The summed E-state index contributed by atoms with van der Waals surface area (Å²) in [5.41, 5.74) is 0.977. The highest BCUT2D eigenvalue weighted by Gasteiger charge is 2.32. The van der Waals surface area contributed by atoms with Crippen molar-refractivity contribution in [1.82, 2.24) is 13.5 Å². The third-order valence-corrected chi connectivity index (χ3v) is 6.58. The van der Waals surface area contributed by atoms with Crippen LogP contribution < -0.4 is 4.74 Å². The fourth-order valence-corrected chi connectivity index (χ4v) is 4.43. The average molecular weight is 369 g/mol. The highest BCUT2D eigenvalue weighted by molar-refractivity contribution is 7.86. The molecule has 1 heterocycles. The number of nitrogens with zero attached hydrogens (tertiary/aromatic N) is 3. The third-order valence-electron chi connectivity index (χ3n) is 4.39. The highest BCUT2D eigenvalue weighted by Crippen LogP contribution is 2.17. The Balaban J connectivity index is 1.87. The van der Waals surface area contributed by atoms with E-state index in [1.807, 2.05) is 45.0 Å². The van der Waals surface area contributed by atoms with Gasteiger partial charge in [-0.3, -0.25) is 4.79 Å². The number of carbonyl (C=O) groups is 1. The number of benzene rings is 1. The van der Waals surface area contributed by atoms with E-state index in [9.17, 15) is 13.2 Å². The van der Waals surface area contributed by atoms with Crippen molar-refractivity contribution in [3.05, 3.63) is 29.8 Å². The molecule has 0 bridgehead atoms. The molecule has 8 heteroatoms. The molecule has 0 spiro atoms. The first-order valence-corrected chi connectivity index (χ1v) is 10.0. The molecule has 1 aromatic carbocycles. The van der Waals surface area contributed by atoms with Gasteiger partial charge in [0.15, 0.2) is 6.61 Å². The van der Waals surface area contributed by atoms with Crippen LogP contribution >= 0.6 is 0 Å². The molecule has 0 aliphatic carbocycles. The summed E-state index contributed by atoms with van der Waals surface area (Å²) >= 11 is 0. The van der Waals surface area contributed by atoms with E-state index in [4.69, 9.17) is 4.74 Å². The van der Waals surface area contributed by atoms with Crippen LogP contribution in [0.25, 0.3) is 0 Å². The van der Waals surface area contributed by atoms with Gasteiger partial charge in [-0.1, -0.05) is 32.0 Å². The molecule has 1 aliphatic heterocycles. The van der Waals surface area contributed by atoms with Gasteiger partial charge in [-0.2, -0.15) is 17.0 Å². The van der Waals surface area contributed by atoms with Crippen molar-refractivity contribution in [2.75, 3.05) is 45.9 Å². The number of hydrogen-bond acceptors (Lipinski definition) is 4. The second-order valence-corrected chi connectivity index (χ2v) is 7.85. The maximum Gasteiger partial charge on any atom is 0.282 e. The topological polar surface area (TPSA) is 70.2 Å². The molecule has 0 saturated carbocycles. The average Bonchev–Trinajstić information content (AvgIpc) is 2.61. The Hall–Kier alpha value is -1.64. The SMILES string of the molecule is CCN(CC)S(=O)(=O)N1CCN(C(=O)COc2ccccc2C)CC1. The quantitative estimate of drug-likeness (QED) is 0.722. The first-order valence-electron chi connectivity index (χ1n) is 8.61. The highest BCUT2D eigenvalue weighted by atomic mass is 32.2. The van der Waals surface area contributed by atoms with Gasteiger partial charge < -0.3 is 9.64 Å². The minimum absolute atomic E-state index is 0.0341. The maximum absolute atomic E-state index is 12.5. The molecule has 0 aromatic heterocycles. The van der Waals surface area contributed by atoms with Gasteiger partial charge in [0.05, 0.1) is 0 Å². The third kappa shape index (κ3) is 4.71. The number of piperazine rings is 1. The largest absolute Gasteiger partial charge is 0.484 e. The summed E-state index contributed by atoms with van der Waals surface area (Å²) in [5.74, 6) is 0.571. The Kier molecular flexibility index (Phi) is 6.80. The Morgan fingerprint density at radius 2 is 1.72 bits per heavy atom. The van der Waals surface area contributed by atoms with Gasteiger partial charge in [-0.05, 0) is 18.6 Å². The van der Waals surface area contributed by atoms with Gasteiger partial charge in [0.1, 0.15) is 5.75 Å². The second kappa shape index (κ2) is 8.64. The lowest BCUT2D eigenvalue weighted by Gasteiger charge is -2.36. The molecule has 0 radical (unpaired) electrons. The Bertz CT molecular complexity index is 681. The zero-order chi connectivity index (χ0) is 18.4. The lowest BCUT2D eigenvalue weighted by molar-refractivity contribution is -0.134. The predicted octanol–water partition coefficient (Wildman–Crippen LogP) is 1.10. The molecular formula is C17H27N3O4S. The van der Waals surface area contributed by atoms with Crippen LogP contribution in [-0.4, -0.2) is 73.7 Å². The monoisotopic (exact) mass is 369 g/mol. The molecule has 1 fully saturated rings. The van der Waals surface area contributed by atoms with Gasteiger partial charge in [0.2, 0.25) is 0 Å². The Morgan fingerprint density at radius 1 is 1.12 bits per heavy atom. The van der Waals surface area contributed by atoms with Crippen LogP contribution in [0.15, 0.2) is 24.3 Å². The molecule has 2 rings (SSSR count). The summed E-state index contributed by atoms with van der Waals surface area (Å²) < 4.78 is 33.5. The summed E-state index contributed by atoms with van der Waals surface area (Å²) in [6, 6.07) is 7.54. The van der Waals surface area contributed by atoms with E-state index in [0.29, 0.717) is 45.0 Å². The van der Waals surface area contributed by atoms with Crippen LogP contribution in [-0.2, 0) is 15.0 Å². The van der Waals surface area contributed by atoms with E-state index in [1.54, 1.807) is 4.90 Å². The molecule has 0 unspecified atom stereocenters. The predicted molar refractivity (Wildman–Crippen MR) is 96.7 cm³/mol. The molecule has 1 saturated heterocycles. The Labute approximate surface area is 150 Å². The van der Waals surface area contributed by atoms with E-state index in [0.717, 1.165) is 5.56 Å². The van der Waals surface area contributed by atoms with Crippen LogP contribution in [0, 0.1) is 6.92 Å². The molecular weight excluding hydrogens is 342 g/mol. The van der Waals surface area contributed by atoms with Crippen LogP contribution in [0.2, 0.25) is 0 Å². The first kappa shape index (κ1) is 19.7. The van der Waals surface area contributed by atoms with Gasteiger partial charge in [0.25, 0.3) is 16.1 Å². The van der Waals surface area contributed by atoms with E-state index in [-0.39, 0.29) is 12.5 Å². The number of amides is 1. The number of aryl methyl sites for hydroxylation is 1. The van der Waals surface area contributed by atoms with Crippen molar-refractivity contribution < 1.29 is 17.9 Å². The minimum atomic E-state index is -3.44. The maximum atomic E-state index is 12.5. The van der Waals surface area contributed by atoms with Gasteiger partial charge in [-0.25, -0.2) is 0 Å². The van der Waals surface area contributed by atoms with Crippen LogP contribution in [0.3, 0.4) is 0 Å². The molecule has 0 atom stereocenters. The number of rotatable bonds is 7. The summed E-state index contributed by atoms with van der Waals surface area (Å²) in [6.07, 6.45) is 0. The molecule has 25 heavy (non-hydrogen) atoms. The van der Waals surface area contributed by atoms with E-state index >= 15 is 0 Å². The van der Waals surface area contributed by atoms with E-state index in [1.165, 1.54) is 8.61 Å². The summed E-state index contributed by atoms with van der Waals surface area (Å²) in [5, 5.41) is 0. The second-order valence-electron chi connectivity index (χ2n) is 5.93. The number of para-hydroxylation sites is 1. The van der Waals surface area contributed by atoms with Gasteiger partial charge in [-0.15, -0.1) is 0 Å². The molecule has 1 amide bonds. The lowest BCUT2D eigenvalue weighted by atomic mass is 10.2. The van der Waals surface area contributed by atoms with Crippen molar-refractivity contribution in [3.8, 4) is 5.75 Å². The number of carbonyl (C=O) groups excluding carboxylic acids is 1. The van der Waals surface area contributed by atoms with Gasteiger partial charge in [0, 0.05) is 39.3 Å². The Morgan fingerprint density at radius 3 is 2.28 bits per heavy atom. The van der Waals surface area contributed by atoms with Crippen LogP contribution in [0.4, 0.5) is 0 Å². The zero-order valence-electron chi connectivity index (χ0n) is 15.1. The molecule has 0 N–H and O–H groups in total.